The Morgan fingerprint density at radius 1 is 1.12 bits per heavy atom. The Balaban J connectivity index is 2.45. The SMILES string of the molecule is Bc1ccc(-c2cn(C)c(C(C)(C)C)n2)cc1. The largest absolute Gasteiger partial charge is 0.337 e. The van der Waals surface area contributed by atoms with Crippen molar-refractivity contribution in [2.45, 2.75) is 26.2 Å². The van der Waals surface area contributed by atoms with Gasteiger partial charge in [-0.2, -0.15) is 0 Å². The molecule has 3 heteroatoms. The van der Waals surface area contributed by atoms with Crippen molar-refractivity contribution in [3.8, 4) is 11.3 Å². The van der Waals surface area contributed by atoms with E-state index in [4.69, 9.17) is 4.98 Å². The summed E-state index contributed by atoms with van der Waals surface area (Å²) in [7, 11) is 4.16. The van der Waals surface area contributed by atoms with E-state index < -0.39 is 0 Å². The van der Waals surface area contributed by atoms with Crippen LogP contribution in [0.1, 0.15) is 26.6 Å². The molecule has 88 valence electrons. The van der Waals surface area contributed by atoms with Gasteiger partial charge in [-0.3, -0.25) is 0 Å². The second-order valence-electron chi connectivity index (χ2n) is 5.68. The van der Waals surface area contributed by atoms with Crippen LogP contribution in [-0.4, -0.2) is 17.4 Å². The fraction of sp³-hybridized carbons (Fsp3) is 0.357. The number of rotatable bonds is 1. The lowest BCUT2D eigenvalue weighted by Crippen LogP contribution is -2.17. The molecule has 0 aliphatic rings. The first-order chi connectivity index (χ1) is 7.88. The molecular formula is C14H19BN2. The fourth-order valence-electron chi connectivity index (χ4n) is 2.03. The number of hydrogen-bond acceptors (Lipinski definition) is 1. The van der Waals surface area contributed by atoms with E-state index >= 15 is 0 Å². The molecule has 0 aliphatic heterocycles. The van der Waals surface area contributed by atoms with Crippen LogP contribution in [-0.2, 0) is 12.5 Å². The van der Waals surface area contributed by atoms with Gasteiger partial charge in [0.2, 0.25) is 0 Å². The van der Waals surface area contributed by atoms with E-state index in [1.165, 1.54) is 11.0 Å². The normalized spacial score (nSPS) is 11.8. The maximum atomic E-state index is 4.74. The van der Waals surface area contributed by atoms with Crippen molar-refractivity contribution in [1.82, 2.24) is 9.55 Å². The summed E-state index contributed by atoms with van der Waals surface area (Å²) in [6.07, 6.45) is 2.10. The van der Waals surface area contributed by atoms with Gasteiger partial charge < -0.3 is 4.57 Å². The Kier molecular flexibility index (Phi) is 2.86. The second-order valence-corrected chi connectivity index (χ2v) is 5.68. The maximum absolute atomic E-state index is 4.74. The van der Waals surface area contributed by atoms with Gasteiger partial charge in [-0.1, -0.05) is 50.5 Å². The highest BCUT2D eigenvalue weighted by molar-refractivity contribution is 6.32. The molecule has 0 amide bonds. The van der Waals surface area contributed by atoms with Crippen molar-refractivity contribution in [3.05, 3.63) is 36.3 Å². The summed E-state index contributed by atoms with van der Waals surface area (Å²) in [5, 5.41) is 0. The van der Waals surface area contributed by atoms with E-state index in [1.54, 1.807) is 0 Å². The van der Waals surface area contributed by atoms with E-state index in [0.29, 0.717) is 0 Å². The van der Waals surface area contributed by atoms with Crippen molar-refractivity contribution in [2.24, 2.45) is 7.05 Å². The van der Waals surface area contributed by atoms with Crippen LogP contribution < -0.4 is 5.46 Å². The molecule has 0 bridgehead atoms. The Bertz CT molecular complexity index is 518. The molecule has 0 atom stereocenters. The zero-order valence-corrected chi connectivity index (χ0v) is 11.3. The molecule has 0 aliphatic carbocycles. The van der Waals surface area contributed by atoms with Crippen LogP contribution in [0.5, 0.6) is 0 Å². The van der Waals surface area contributed by atoms with Gasteiger partial charge in [0.05, 0.1) is 5.69 Å². The summed E-state index contributed by atoms with van der Waals surface area (Å²) in [5.41, 5.74) is 3.59. The van der Waals surface area contributed by atoms with Crippen LogP contribution in [0.4, 0.5) is 0 Å². The number of hydrogen-bond donors (Lipinski definition) is 0. The third-order valence-corrected chi connectivity index (χ3v) is 2.89. The fourth-order valence-corrected chi connectivity index (χ4v) is 2.03. The van der Waals surface area contributed by atoms with E-state index in [0.717, 1.165) is 11.5 Å². The Hall–Kier alpha value is -1.51. The van der Waals surface area contributed by atoms with Crippen molar-refractivity contribution in [2.75, 3.05) is 0 Å². The number of aromatic nitrogens is 2. The summed E-state index contributed by atoms with van der Waals surface area (Å²) in [6, 6.07) is 8.51. The minimum Gasteiger partial charge on any atom is -0.337 e. The zero-order valence-electron chi connectivity index (χ0n) is 11.3. The molecule has 0 radical (unpaired) electrons. The quantitative estimate of drug-likeness (QED) is 0.676. The summed E-state index contributed by atoms with van der Waals surface area (Å²) < 4.78 is 2.12. The predicted molar refractivity (Wildman–Crippen MR) is 75.5 cm³/mol. The summed E-state index contributed by atoms with van der Waals surface area (Å²) in [6.45, 7) is 6.57. The lowest BCUT2D eigenvalue weighted by Gasteiger charge is -2.17. The van der Waals surface area contributed by atoms with Crippen LogP contribution in [0.3, 0.4) is 0 Å². The molecule has 1 aromatic heterocycles. The molecule has 0 fully saturated rings. The van der Waals surface area contributed by atoms with Gasteiger partial charge in [0, 0.05) is 24.2 Å². The third kappa shape index (κ3) is 2.43. The molecule has 1 aromatic carbocycles. The Morgan fingerprint density at radius 3 is 2.18 bits per heavy atom. The van der Waals surface area contributed by atoms with Crippen LogP contribution >= 0.6 is 0 Å². The van der Waals surface area contributed by atoms with Gasteiger partial charge in [-0.05, 0) is 0 Å². The predicted octanol–water partition coefficient (Wildman–Crippen LogP) is 1.64. The molecule has 17 heavy (non-hydrogen) atoms. The first kappa shape index (κ1) is 12.0. The van der Waals surface area contributed by atoms with Crippen molar-refractivity contribution < 1.29 is 0 Å². The monoisotopic (exact) mass is 226 g/mol. The highest BCUT2D eigenvalue weighted by Gasteiger charge is 2.20. The summed E-state index contributed by atoms with van der Waals surface area (Å²) in [4.78, 5) is 4.74. The molecule has 1 heterocycles. The molecular weight excluding hydrogens is 207 g/mol. The number of benzene rings is 1. The Labute approximate surface area is 104 Å². The average molecular weight is 226 g/mol. The van der Waals surface area contributed by atoms with Gasteiger partial charge in [0.25, 0.3) is 0 Å². The van der Waals surface area contributed by atoms with Gasteiger partial charge in [0.1, 0.15) is 13.7 Å². The highest BCUT2D eigenvalue weighted by atomic mass is 15.1. The van der Waals surface area contributed by atoms with Crippen molar-refractivity contribution in [1.29, 1.82) is 0 Å². The van der Waals surface area contributed by atoms with E-state index in [-0.39, 0.29) is 5.41 Å². The molecule has 0 saturated heterocycles. The number of aryl methyl sites for hydroxylation is 1. The lowest BCUT2D eigenvalue weighted by molar-refractivity contribution is 0.523. The first-order valence-corrected chi connectivity index (χ1v) is 5.99. The summed E-state index contributed by atoms with van der Waals surface area (Å²) >= 11 is 0. The highest BCUT2D eigenvalue weighted by Crippen LogP contribution is 2.24. The van der Waals surface area contributed by atoms with E-state index in [9.17, 15) is 0 Å². The second kappa shape index (κ2) is 4.06. The molecule has 0 spiro atoms. The van der Waals surface area contributed by atoms with Crippen molar-refractivity contribution in [3.63, 3.8) is 0 Å². The average Bonchev–Trinajstić information content (AvgIpc) is 2.61. The standard InChI is InChI=1S/C14H19BN2/c1-14(2,3)13-16-12(9-17(13)4)10-5-7-11(15)8-6-10/h5-9H,15H2,1-4H3. The first-order valence-electron chi connectivity index (χ1n) is 5.99. The third-order valence-electron chi connectivity index (χ3n) is 2.89. The van der Waals surface area contributed by atoms with Crippen LogP contribution in [0.15, 0.2) is 30.5 Å². The molecule has 2 nitrogen and oxygen atoms in total. The van der Waals surface area contributed by atoms with Gasteiger partial charge in [-0.15, -0.1) is 0 Å². The molecule has 2 aromatic rings. The molecule has 0 unspecified atom stereocenters. The van der Waals surface area contributed by atoms with Crippen LogP contribution in [0.2, 0.25) is 0 Å². The molecule has 0 N–H and O–H groups in total. The number of imidazole rings is 1. The number of nitrogens with zero attached hydrogens (tertiary/aromatic N) is 2. The van der Waals surface area contributed by atoms with E-state index in [2.05, 4.69) is 70.7 Å². The van der Waals surface area contributed by atoms with Crippen LogP contribution in [0, 0.1) is 0 Å². The van der Waals surface area contributed by atoms with Gasteiger partial charge in [-0.25, -0.2) is 4.98 Å². The van der Waals surface area contributed by atoms with Gasteiger partial charge in [0.15, 0.2) is 0 Å². The minimum absolute atomic E-state index is 0.0810. The maximum Gasteiger partial charge on any atom is 0.139 e. The Morgan fingerprint density at radius 2 is 1.71 bits per heavy atom. The molecule has 0 saturated carbocycles. The minimum atomic E-state index is 0.0810. The van der Waals surface area contributed by atoms with Gasteiger partial charge >= 0.3 is 0 Å². The lowest BCUT2D eigenvalue weighted by atomic mass is 9.95. The smallest absolute Gasteiger partial charge is 0.139 e. The topological polar surface area (TPSA) is 17.8 Å². The van der Waals surface area contributed by atoms with E-state index in [1.807, 2.05) is 0 Å². The molecule has 2 rings (SSSR count). The van der Waals surface area contributed by atoms with Crippen LogP contribution in [0.25, 0.3) is 11.3 Å². The summed E-state index contributed by atoms with van der Waals surface area (Å²) in [5.74, 6) is 1.12. The zero-order chi connectivity index (χ0) is 12.6. The van der Waals surface area contributed by atoms with Crippen molar-refractivity contribution >= 4 is 13.3 Å².